The Morgan fingerprint density at radius 3 is 2.84 bits per heavy atom. The van der Waals surface area contributed by atoms with Crippen molar-refractivity contribution in [3.8, 4) is 0 Å². The molecule has 0 spiro atoms. The van der Waals surface area contributed by atoms with E-state index in [0.717, 1.165) is 43.9 Å². The van der Waals surface area contributed by atoms with Gasteiger partial charge in [0.2, 0.25) is 0 Å². The summed E-state index contributed by atoms with van der Waals surface area (Å²) in [4.78, 5) is 21.1. The maximum absolute atomic E-state index is 10.4. The summed E-state index contributed by atoms with van der Waals surface area (Å²) in [6.07, 6.45) is 4.20. The average Bonchev–Trinajstić information content (AvgIpc) is 2.45. The Hall–Kier alpha value is -1.69. The molecule has 19 heavy (non-hydrogen) atoms. The molecule has 104 valence electrons. The van der Waals surface area contributed by atoms with Crippen LogP contribution >= 0.6 is 0 Å². The zero-order valence-corrected chi connectivity index (χ0v) is 11.1. The van der Waals surface area contributed by atoms with Gasteiger partial charge in [-0.25, -0.2) is 14.8 Å². The van der Waals surface area contributed by atoms with Gasteiger partial charge in [-0.2, -0.15) is 0 Å². The molecule has 0 aromatic carbocycles. The van der Waals surface area contributed by atoms with Crippen LogP contribution in [0.4, 0.5) is 5.82 Å². The van der Waals surface area contributed by atoms with Crippen LogP contribution in [-0.4, -0.2) is 46.8 Å². The Bertz CT molecular complexity index is 431. The molecule has 1 N–H and O–H groups in total. The van der Waals surface area contributed by atoms with Crippen molar-refractivity contribution >= 4 is 11.8 Å². The van der Waals surface area contributed by atoms with Gasteiger partial charge in [0.15, 0.2) is 0 Å². The summed E-state index contributed by atoms with van der Waals surface area (Å²) in [6, 6.07) is 2.01. The van der Waals surface area contributed by atoms with Gasteiger partial charge in [-0.15, -0.1) is 0 Å². The summed E-state index contributed by atoms with van der Waals surface area (Å²) < 4.78 is 5.31. The molecule has 2 rings (SSSR count). The van der Waals surface area contributed by atoms with E-state index < -0.39 is 5.97 Å². The number of ether oxygens (including phenoxy) is 1. The van der Waals surface area contributed by atoms with Crippen molar-refractivity contribution in [3.63, 3.8) is 0 Å². The quantitative estimate of drug-likeness (QED) is 0.859. The average molecular weight is 265 g/mol. The third kappa shape index (κ3) is 3.89. The zero-order valence-electron chi connectivity index (χ0n) is 11.1. The molecule has 0 saturated carbocycles. The molecule has 0 radical (unpaired) electrons. The summed E-state index contributed by atoms with van der Waals surface area (Å²) in [5.74, 6) is 0.0364. The van der Waals surface area contributed by atoms with E-state index in [1.807, 2.05) is 6.07 Å². The fourth-order valence-electron chi connectivity index (χ4n) is 2.19. The van der Waals surface area contributed by atoms with Crippen LogP contribution < -0.4 is 4.90 Å². The summed E-state index contributed by atoms with van der Waals surface area (Å²) in [6.45, 7) is 3.53. The summed E-state index contributed by atoms with van der Waals surface area (Å²) in [5, 5.41) is 8.58. The summed E-state index contributed by atoms with van der Waals surface area (Å²) in [5.41, 5.74) is 1.04. The van der Waals surface area contributed by atoms with E-state index in [1.165, 1.54) is 0 Å². The van der Waals surface area contributed by atoms with Crippen LogP contribution in [0.2, 0.25) is 0 Å². The highest BCUT2D eigenvalue weighted by Gasteiger charge is 2.21. The van der Waals surface area contributed by atoms with Gasteiger partial charge < -0.3 is 14.7 Å². The van der Waals surface area contributed by atoms with Gasteiger partial charge in [0.1, 0.15) is 18.8 Å². The number of aromatic nitrogens is 2. The van der Waals surface area contributed by atoms with Crippen molar-refractivity contribution in [2.24, 2.45) is 0 Å². The number of rotatable bonds is 5. The number of carboxylic acid groups (broad SMARTS) is 1. The molecule has 1 fully saturated rings. The van der Waals surface area contributed by atoms with Crippen LogP contribution in [-0.2, 0) is 16.0 Å². The lowest BCUT2D eigenvalue weighted by Crippen LogP contribution is -2.38. The predicted octanol–water partition coefficient (Wildman–Crippen LogP) is 1.11. The third-order valence-corrected chi connectivity index (χ3v) is 3.28. The summed E-state index contributed by atoms with van der Waals surface area (Å²) >= 11 is 0. The van der Waals surface area contributed by atoms with E-state index in [9.17, 15) is 4.79 Å². The van der Waals surface area contributed by atoms with E-state index >= 15 is 0 Å². The molecule has 0 atom stereocenters. The molecule has 0 unspecified atom stereocenters. The molecule has 1 aromatic heterocycles. The van der Waals surface area contributed by atoms with Crippen LogP contribution in [0.25, 0.3) is 0 Å². The minimum Gasteiger partial charge on any atom is -0.480 e. The number of carboxylic acids is 1. The second kappa shape index (κ2) is 6.47. The number of piperidine rings is 1. The molecule has 0 amide bonds. The monoisotopic (exact) mass is 265 g/mol. The first-order valence-electron chi connectivity index (χ1n) is 6.58. The van der Waals surface area contributed by atoms with Gasteiger partial charge >= 0.3 is 5.97 Å². The highest BCUT2D eigenvalue weighted by molar-refractivity contribution is 5.68. The van der Waals surface area contributed by atoms with Gasteiger partial charge in [0.25, 0.3) is 0 Å². The second-order valence-electron chi connectivity index (χ2n) is 4.61. The minimum atomic E-state index is -0.911. The molecule has 6 nitrogen and oxygen atoms in total. The Morgan fingerprint density at radius 1 is 1.47 bits per heavy atom. The van der Waals surface area contributed by atoms with Crippen LogP contribution in [0, 0.1) is 0 Å². The number of hydrogen-bond donors (Lipinski definition) is 1. The van der Waals surface area contributed by atoms with Crippen LogP contribution in [0.3, 0.4) is 0 Å². The van der Waals surface area contributed by atoms with Gasteiger partial charge in [-0.3, -0.25) is 0 Å². The molecule has 1 aromatic rings. The number of carbonyl (C=O) groups is 1. The third-order valence-electron chi connectivity index (χ3n) is 3.28. The van der Waals surface area contributed by atoms with E-state index in [4.69, 9.17) is 9.84 Å². The lowest BCUT2D eigenvalue weighted by molar-refractivity contribution is -0.144. The molecule has 1 aliphatic heterocycles. The lowest BCUT2D eigenvalue weighted by Gasteiger charge is -2.32. The van der Waals surface area contributed by atoms with Crippen molar-refractivity contribution in [1.82, 2.24) is 9.97 Å². The number of aryl methyl sites for hydroxylation is 1. The molecule has 1 saturated heterocycles. The van der Waals surface area contributed by atoms with Crippen molar-refractivity contribution < 1.29 is 14.6 Å². The molecule has 6 heteroatoms. The Kier molecular flexibility index (Phi) is 4.68. The van der Waals surface area contributed by atoms with Gasteiger partial charge in [0, 0.05) is 24.8 Å². The summed E-state index contributed by atoms with van der Waals surface area (Å²) in [7, 11) is 0. The van der Waals surface area contributed by atoms with E-state index in [1.54, 1.807) is 6.33 Å². The van der Waals surface area contributed by atoms with Crippen LogP contribution in [0.15, 0.2) is 12.4 Å². The standard InChI is InChI=1S/C13H19N3O3/c1-2-10-7-12(15-9-14-10)16-5-3-11(4-6-16)19-8-13(17)18/h7,9,11H,2-6,8H2,1H3,(H,17,18). The number of nitrogens with zero attached hydrogens (tertiary/aromatic N) is 3. The highest BCUT2D eigenvalue weighted by atomic mass is 16.5. The first-order valence-corrected chi connectivity index (χ1v) is 6.58. The van der Waals surface area contributed by atoms with Gasteiger partial charge in [0.05, 0.1) is 6.10 Å². The maximum atomic E-state index is 10.4. The molecular weight excluding hydrogens is 246 g/mol. The largest absolute Gasteiger partial charge is 0.480 e. The first-order chi connectivity index (χ1) is 9.19. The molecule has 0 bridgehead atoms. The smallest absolute Gasteiger partial charge is 0.329 e. The molecule has 2 heterocycles. The number of hydrogen-bond acceptors (Lipinski definition) is 5. The normalized spacial score (nSPS) is 16.6. The lowest BCUT2D eigenvalue weighted by atomic mass is 10.1. The van der Waals surface area contributed by atoms with E-state index in [2.05, 4.69) is 21.8 Å². The van der Waals surface area contributed by atoms with E-state index in [0.29, 0.717) is 0 Å². The Morgan fingerprint density at radius 2 is 2.21 bits per heavy atom. The van der Waals surface area contributed by atoms with Crippen LogP contribution in [0.1, 0.15) is 25.5 Å². The SMILES string of the molecule is CCc1cc(N2CCC(OCC(=O)O)CC2)ncn1. The fourth-order valence-corrected chi connectivity index (χ4v) is 2.19. The Labute approximate surface area is 112 Å². The maximum Gasteiger partial charge on any atom is 0.329 e. The Balaban J connectivity index is 1.87. The van der Waals surface area contributed by atoms with Crippen LogP contribution in [0.5, 0.6) is 0 Å². The molecule has 0 aliphatic carbocycles. The fraction of sp³-hybridized carbons (Fsp3) is 0.615. The minimum absolute atomic E-state index is 0.0415. The predicted molar refractivity (Wildman–Crippen MR) is 70.2 cm³/mol. The number of aliphatic carboxylic acids is 1. The highest BCUT2D eigenvalue weighted by Crippen LogP contribution is 2.19. The molecular formula is C13H19N3O3. The second-order valence-corrected chi connectivity index (χ2v) is 4.61. The van der Waals surface area contributed by atoms with Crippen molar-refractivity contribution in [1.29, 1.82) is 0 Å². The topological polar surface area (TPSA) is 75.5 Å². The van der Waals surface area contributed by atoms with Crippen molar-refractivity contribution in [2.45, 2.75) is 32.3 Å². The van der Waals surface area contributed by atoms with Crippen molar-refractivity contribution in [2.75, 3.05) is 24.6 Å². The van der Waals surface area contributed by atoms with Gasteiger partial charge in [-0.05, 0) is 19.3 Å². The molecule has 1 aliphatic rings. The number of anilines is 1. The first kappa shape index (κ1) is 13.7. The van der Waals surface area contributed by atoms with Gasteiger partial charge in [-0.1, -0.05) is 6.92 Å². The van der Waals surface area contributed by atoms with E-state index in [-0.39, 0.29) is 12.7 Å². The zero-order chi connectivity index (χ0) is 13.7. The van der Waals surface area contributed by atoms with Crippen molar-refractivity contribution in [3.05, 3.63) is 18.1 Å².